The molecule has 1 aliphatic carbocycles. The lowest BCUT2D eigenvalue weighted by atomic mass is 10.1. The first kappa shape index (κ1) is 9.97. The molecule has 14 heavy (non-hydrogen) atoms. The van der Waals surface area contributed by atoms with Gasteiger partial charge in [-0.15, -0.1) is 0 Å². The Balaban J connectivity index is 2.31. The van der Waals surface area contributed by atoms with E-state index >= 15 is 0 Å². The van der Waals surface area contributed by atoms with Crippen LogP contribution in [-0.4, -0.2) is 11.1 Å². The maximum Gasteiger partial charge on any atom is 0.140 e. The largest absolute Gasteiger partial charge is 0.489 e. The fourth-order valence-electron chi connectivity index (χ4n) is 1.33. The molecule has 0 atom stereocenters. The van der Waals surface area contributed by atoms with Crippen LogP contribution in [0, 0.1) is 0 Å². The second kappa shape index (κ2) is 3.89. The molecule has 1 saturated carbocycles. The predicted molar refractivity (Wildman–Crippen MR) is 59.7 cm³/mol. The Kier molecular flexibility index (Phi) is 2.77. The molecule has 1 heterocycles. The number of hydrogen-bond donors (Lipinski definition) is 0. The summed E-state index contributed by atoms with van der Waals surface area (Å²) in [5, 5.41) is 0. The van der Waals surface area contributed by atoms with Crippen molar-refractivity contribution in [2.75, 3.05) is 0 Å². The summed E-state index contributed by atoms with van der Waals surface area (Å²) in [4.78, 5) is 4.17. The topological polar surface area (TPSA) is 22.1 Å². The number of hydrogen-bond acceptors (Lipinski definition) is 2. The van der Waals surface area contributed by atoms with Crippen molar-refractivity contribution in [2.45, 2.75) is 38.7 Å². The number of aromatic nitrogens is 1. The Morgan fingerprint density at radius 3 is 2.71 bits per heavy atom. The molecule has 0 spiro atoms. The van der Waals surface area contributed by atoms with Gasteiger partial charge in [0, 0.05) is 18.0 Å². The lowest BCUT2D eigenvalue weighted by molar-refractivity contribution is 0.296. The van der Waals surface area contributed by atoms with Crippen molar-refractivity contribution < 1.29 is 4.74 Å². The summed E-state index contributed by atoms with van der Waals surface area (Å²) in [5.74, 6) is 1.44. The first-order valence-electron chi connectivity index (χ1n) is 4.98. The molecular formula is C11H14BrNO. The van der Waals surface area contributed by atoms with E-state index in [1.54, 1.807) is 6.20 Å². The van der Waals surface area contributed by atoms with E-state index in [1.807, 2.05) is 6.20 Å². The monoisotopic (exact) mass is 255 g/mol. The molecule has 0 amide bonds. The summed E-state index contributed by atoms with van der Waals surface area (Å²) in [6.45, 7) is 4.31. The molecule has 1 fully saturated rings. The highest BCUT2D eigenvalue weighted by Crippen LogP contribution is 2.37. The Morgan fingerprint density at radius 1 is 1.43 bits per heavy atom. The van der Waals surface area contributed by atoms with Gasteiger partial charge in [-0.3, -0.25) is 4.98 Å². The first-order valence-corrected chi connectivity index (χ1v) is 5.78. The molecule has 1 aliphatic rings. The molecule has 2 rings (SSSR count). The number of halogens is 1. The van der Waals surface area contributed by atoms with Gasteiger partial charge in [0.05, 0.1) is 10.6 Å². The predicted octanol–water partition coefficient (Wildman–Crippen LogP) is 3.51. The Labute approximate surface area is 92.8 Å². The van der Waals surface area contributed by atoms with Gasteiger partial charge in [-0.1, -0.05) is 13.8 Å². The van der Waals surface area contributed by atoms with Crippen molar-refractivity contribution in [3.63, 3.8) is 0 Å². The maximum atomic E-state index is 5.86. The zero-order valence-corrected chi connectivity index (χ0v) is 10.0. The van der Waals surface area contributed by atoms with E-state index in [-0.39, 0.29) is 0 Å². The molecule has 1 aromatic heterocycles. The van der Waals surface area contributed by atoms with Crippen LogP contribution in [-0.2, 0) is 0 Å². The minimum Gasteiger partial charge on any atom is -0.489 e. The van der Waals surface area contributed by atoms with E-state index in [9.17, 15) is 0 Å². The highest BCUT2D eigenvalue weighted by molar-refractivity contribution is 9.10. The fraction of sp³-hybridized carbons (Fsp3) is 0.545. The van der Waals surface area contributed by atoms with Gasteiger partial charge in [0.15, 0.2) is 0 Å². The Morgan fingerprint density at radius 2 is 2.14 bits per heavy atom. The molecule has 0 saturated heterocycles. The zero-order valence-electron chi connectivity index (χ0n) is 8.46. The number of rotatable bonds is 3. The SMILES string of the molecule is CC(C)c1cncc(Br)c1OC1CC1. The third-order valence-electron chi connectivity index (χ3n) is 2.31. The first-order chi connectivity index (χ1) is 6.68. The minimum atomic E-state index is 0.436. The van der Waals surface area contributed by atoms with Crippen LogP contribution < -0.4 is 4.74 Å². The van der Waals surface area contributed by atoms with Crippen molar-refractivity contribution in [2.24, 2.45) is 0 Å². The summed E-state index contributed by atoms with van der Waals surface area (Å²) in [7, 11) is 0. The van der Waals surface area contributed by atoms with E-state index in [2.05, 4.69) is 34.8 Å². The third kappa shape index (κ3) is 2.08. The lowest BCUT2D eigenvalue weighted by Crippen LogP contribution is -2.02. The number of nitrogens with zero attached hydrogens (tertiary/aromatic N) is 1. The summed E-state index contributed by atoms with van der Waals surface area (Å²) < 4.78 is 6.83. The van der Waals surface area contributed by atoms with Crippen molar-refractivity contribution in [1.82, 2.24) is 4.98 Å². The van der Waals surface area contributed by atoms with E-state index in [0.29, 0.717) is 12.0 Å². The van der Waals surface area contributed by atoms with Crippen LogP contribution in [0.2, 0.25) is 0 Å². The molecule has 0 aliphatic heterocycles. The van der Waals surface area contributed by atoms with Gasteiger partial charge in [0.1, 0.15) is 5.75 Å². The number of ether oxygens (including phenoxy) is 1. The molecule has 2 nitrogen and oxygen atoms in total. The third-order valence-corrected chi connectivity index (χ3v) is 2.88. The van der Waals surface area contributed by atoms with Crippen LogP contribution in [0.4, 0.5) is 0 Å². The lowest BCUT2D eigenvalue weighted by Gasteiger charge is -2.14. The smallest absolute Gasteiger partial charge is 0.140 e. The van der Waals surface area contributed by atoms with Crippen LogP contribution in [0.1, 0.15) is 38.2 Å². The van der Waals surface area contributed by atoms with E-state index in [4.69, 9.17) is 4.74 Å². The van der Waals surface area contributed by atoms with Crippen LogP contribution in [0.15, 0.2) is 16.9 Å². The average Bonchev–Trinajstić information content (AvgIpc) is 2.91. The van der Waals surface area contributed by atoms with Gasteiger partial charge in [0.2, 0.25) is 0 Å². The van der Waals surface area contributed by atoms with Crippen molar-refractivity contribution in [3.05, 3.63) is 22.4 Å². The van der Waals surface area contributed by atoms with Crippen LogP contribution in [0.5, 0.6) is 5.75 Å². The molecule has 0 aromatic carbocycles. The zero-order chi connectivity index (χ0) is 10.1. The van der Waals surface area contributed by atoms with Gasteiger partial charge in [-0.25, -0.2) is 0 Å². The average molecular weight is 256 g/mol. The Hall–Kier alpha value is -0.570. The molecule has 0 bridgehead atoms. The normalized spacial score (nSPS) is 16.0. The molecule has 1 aromatic rings. The summed E-state index contributed by atoms with van der Waals surface area (Å²) in [5.41, 5.74) is 1.19. The van der Waals surface area contributed by atoms with Crippen LogP contribution in [0.3, 0.4) is 0 Å². The standard InChI is InChI=1S/C11H14BrNO/c1-7(2)9-5-13-6-10(12)11(9)14-8-3-4-8/h5-8H,3-4H2,1-2H3. The molecule has 76 valence electrons. The molecule has 3 heteroatoms. The van der Waals surface area contributed by atoms with E-state index in [1.165, 1.54) is 18.4 Å². The van der Waals surface area contributed by atoms with Crippen molar-refractivity contribution in [3.8, 4) is 5.75 Å². The Bertz CT molecular complexity index is 334. The van der Waals surface area contributed by atoms with Gasteiger partial charge >= 0.3 is 0 Å². The molecular weight excluding hydrogens is 242 g/mol. The second-order valence-electron chi connectivity index (χ2n) is 4.01. The van der Waals surface area contributed by atoms with E-state index < -0.39 is 0 Å². The molecule has 0 N–H and O–H groups in total. The minimum absolute atomic E-state index is 0.436. The number of pyridine rings is 1. The molecule has 0 unspecified atom stereocenters. The van der Waals surface area contributed by atoms with Gasteiger partial charge in [-0.05, 0) is 34.7 Å². The quantitative estimate of drug-likeness (QED) is 0.825. The van der Waals surface area contributed by atoms with E-state index in [0.717, 1.165) is 10.2 Å². The van der Waals surface area contributed by atoms with Crippen molar-refractivity contribution >= 4 is 15.9 Å². The highest BCUT2D eigenvalue weighted by Gasteiger charge is 2.26. The maximum absolute atomic E-state index is 5.86. The van der Waals surface area contributed by atoms with Gasteiger partial charge < -0.3 is 4.74 Å². The van der Waals surface area contributed by atoms with Crippen LogP contribution in [0.25, 0.3) is 0 Å². The van der Waals surface area contributed by atoms with Gasteiger partial charge in [0.25, 0.3) is 0 Å². The summed E-state index contributed by atoms with van der Waals surface area (Å²) in [6, 6.07) is 0. The van der Waals surface area contributed by atoms with Gasteiger partial charge in [-0.2, -0.15) is 0 Å². The fourth-order valence-corrected chi connectivity index (χ4v) is 1.77. The highest BCUT2D eigenvalue weighted by atomic mass is 79.9. The second-order valence-corrected chi connectivity index (χ2v) is 4.87. The van der Waals surface area contributed by atoms with Crippen LogP contribution >= 0.6 is 15.9 Å². The summed E-state index contributed by atoms with van der Waals surface area (Å²) in [6.07, 6.45) is 6.50. The molecule has 0 radical (unpaired) electrons. The van der Waals surface area contributed by atoms with Crippen molar-refractivity contribution in [1.29, 1.82) is 0 Å². The summed E-state index contributed by atoms with van der Waals surface area (Å²) >= 11 is 3.48.